The molecular weight excluding hydrogens is 362 g/mol. The van der Waals surface area contributed by atoms with Crippen LogP contribution in [0.1, 0.15) is 10.4 Å². The first-order valence-electron chi connectivity index (χ1n) is 8.26. The smallest absolute Gasteiger partial charge is 0.163 e. The number of fused-ring (bicyclic) bond motifs is 1. The number of carboxylic acids is 1. The van der Waals surface area contributed by atoms with Crippen LogP contribution >= 0.6 is 11.6 Å². The van der Waals surface area contributed by atoms with Gasteiger partial charge < -0.3 is 14.6 Å². The summed E-state index contributed by atoms with van der Waals surface area (Å²) in [4.78, 5) is 16.7. The first kappa shape index (κ1) is 17.1. The van der Waals surface area contributed by atoms with Gasteiger partial charge in [-0.25, -0.2) is 4.98 Å². The monoisotopic (exact) mass is 374 g/mol. The lowest BCUT2D eigenvalue weighted by molar-refractivity contribution is -0.254. The summed E-state index contributed by atoms with van der Waals surface area (Å²) in [5, 5.41) is 13.1. The second-order valence-corrected chi connectivity index (χ2v) is 6.33. The highest BCUT2D eigenvalue weighted by Crippen LogP contribution is 2.38. The fourth-order valence-electron chi connectivity index (χ4n) is 2.91. The van der Waals surface area contributed by atoms with Crippen LogP contribution in [0, 0.1) is 0 Å². The summed E-state index contributed by atoms with van der Waals surface area (Å²) in [6.07, 6.45) is 0. The third kappa shape index (κ3) is 3.35. The third-order valence-corrected chi connectivity index (χ3v) is 4.38. The zero-order valence-electron chi connectivity index (χ0n) is 14.1. The summed E-state index contributed by atoms with van der Waals surface area (Å²) in [5.74, 6) is -0.677. The van der Waals surface area contributed by atoms with E-state index in [1.54, 1.807) is 60.7 Å². The molecule has 1 aromatic heterocycles. The van der Waals surface area contributed by atoms with Crippen LogP contribution in [0.3, 0.4) is 0 Å². The SMILES string of the molecule is O=C([O-])c1c(Oc2ccccc2)c(-c2ccc(Cl)cc2)nc2ccccc12. The predicted octanol–water partition coefficient (Wildman–Crippen LogP) is 4.71. The number of carboxylic acid groups (broad SMARTS) is 1. The standard InChI is InChI=1S/C22H14ClNO3/c23-15-12-10-14(11-13-15)20-21(27-16-6-2-1-3-7-16)19(22(25)26)17-8-4-5-9-18(17)24-20/h1-13H,(H,25,26)/p-1. The Bertz CT molecular complexity index is 1130. The molecule has 4 aromatic rings. The lowest BCUT2D eigenvalue weighted by Gasteiger charge is -2.18. The van der Waals surface area contributed by atoms with Gasteiger partial charge in [-0.1, -0.05) is 60.1 Å². The van der Waals surface area contributed by atoms with E-state index >= 15 is 0 Å². The number of rotatable bonds is 4. The minimum Gasteiger partial charge on any atom is -0.545 e. The summed E-state index contributed by atoms with van der Waals surface area (Å²) in [6, 6.07) is 23.0. The Balaban J connectivity index is 2.03. The van der Waals surface area contributed by atoms with Gasteiger partial charge in [0.05, 0.1) is 17.0 Å². The molecule has 0 radical (unpaired) electrons. The van der Waals surface area contributed by atoms with Gasteiger partial charge in [-0.3, -0.25) is 0 Å². The van der Waals surface area contributed by atoms with E-state index in [1.807, 2.05) is 18.2 Å². The molecule has 0 aliphatic rings. The van der Waals surface area contributed by atoms with Gasteiger partial charge in [0.1, 0.15) is 11.4 Å². The molecule has 4 rings (SSSR count). The molecule has 4 nitrogen and oxygen atoms in total. The molecule has 0 atom stereocenters. The first-order valence-corrected chi connectivity index (χ1v) is 8.64. The van der Waals surface area contributed by atoms with Crippen LogP contribution in [0.25, 0.3) is 22.2 Å². The number of aromatic carboxylic acids is 1. The highest BCUT2D eigenvalue weighted by atomic mass is 35.5. The molecule has 132 valence electrons. The Labute approximate surface area is 160 Å². The summed E-state index contributed by atoms with van der Waals surface area (Å²) in [7, 11) is 0. The van der Waals surface area contributed by atoms with E-state index in [0.29, 0.717) is 32.9 Å². The van der Waals surface area contributed by atoms with Crippen molar-refractivity contribution in [3.8, 4) is 22.8 Å². The second kappa shape index (κ2) is 7.09. The number of nitrogens with zero attached hydrogens (tertiary/aromatic N) is 1. The van der Waals surface area contributed by atoms with E-state index < -0.39 is 5.97 Å². The van der Waals surface area contributed by atoms with Gasteiger partial charge in [0, 0.05) is 16.0 Å². The van der Waals surface area contributed by atoms with E-state index in [-0.39, 0.29) is 11.3 Å². The van der Waals surface area contributed by atoms with Gasteiger partial charge in [0.15, 0.2) is 5.75 Å². The average Bonchev–Trinajstić information content (AvgIpc) is 2.68. The van der Waals surface area contributed by atoms with E-state index in [2.05, 4.69) is 4.98 Å². The highest BCUT2D eigenvalue weighted by molar-refractivity contribution is 6.30. The zero-order chi connectivity index (χ0) is 18.8. The van der Waals surface area contributed by atoms with Crippen molar-refractivity contribution >= 4 is 28.5 Å². The molecule has 0 aliphatic carbocycles. The number of carbonyl (C=O) groups is 1. The van der Waals surface area contributed by atoms with E-state index in [9.17, 15) is 9.90 Å². The number of ether oxygens (including phenoxy) is 1. The van der Waals surface area contributed by atoms with E-state index in [0.717, 1.165) is 0 Å². The molecule has 0 unspecified atom stereocenters. The fraction of sp³-hybridized carbons (Fsp3) is 0. The highest BCUT2D eigenvalue weighted by Gasteiger charge is 2.19. The van der Waals surface area contributed by atoms with Crippen molar-refractivity contribution in [3.63, 3.8) is 0 Å². The molecule has 0 N–H and O–H groups in total. The molecule has 1 heterocycles. The Hall–Kier alpha value is -3.37. The predicted molar refractivity (Wildman–Crippen MR) is 103 cm³/mol. The minimum absolute atomic E-state index is 0.0330. The first-order chi connectivity index (χ1) is 13.1. The Morgan fingerprint density at radius 1 is 0.889 bits per heavy atom. The fourth-order valence-corrected chi connectivity index (χ4v) is 3.03. The number of hydrogen-bond acceptors (Lipinski definition) is 4. The van der Waals surface area contributed by atoms with Gasteiger partial charge in [-0.15, -0.1) is 0 Å². The molecule has 3 aromatic carbocycles. The molecule has 0 aliphatic heterocycles. The van der Waals surface area contributed by atoms with Crippen molar-refractivity contribution in [2.75, 3.05) is 0 Å². The molecular formula is C22H13ClNO3-. The number of para-hydroxylation sites is 2. The minimum atomic E-state index is -1.32. The summed E-state index contributed by atoms with van der Waals surface area (Å²) >= 11 is 5.99. The second-order valence-electron chi connectivity index (χ2n) is 5.89. The maximum absolute atomic E-state index is 12.0. The maximum Gasteiger partial charge on any atom is 0.163 e. The van der Waals surface area contributed by atoms with Crippen LogP contribution in [0.4, 0.5) is 0 Å². The average molecular weight is 375 g/mol. The van der Waals surface area contributed by atoms with Gasteiger partial charge in [-0.2, -0.15) is 0 Å². The lowest BCUT2D eigenvalue weighted by Crippen LogP contribution is -2.23. The third-order valence-electron chi connectivity index (χ3n) is 4.13. The molecule has 0 amide bonds. The van der Waals surface area contributed by atoms with Gasteiger partial charge in [-0.05, 0) is 30.3 Å². The Kier molecular flexibility index (Phi) is 4.48. The number of carbonyl (C=O) groups excluding carboxylic acids is 1. The van der Waals surface area contributed by atoms with Crippen molar-refractivity contribution < 1.29 is 14.6 Å². The number of benzene rings is 3. The lowest BCUT2D eigenvalue weighted by atomic mass is 10.0. The van der Waals surface area contributed by atoms with E-state index in [4.69, 9.17) is 16.3 Å². The summed E-state index contributed by atoms with van der Waals surface area (Å²) in [5.41, 5.74) is 1.61. The van der Waals surface area contributed by atoms with Crippen LogP contribution in [-0.2, 0) is 0 Å². The maximum atomic E-state index is 12.0. The van der Waals surface area contributed by atoms with Crippen LogP contribution in [0.15, 0.2) is 78.9 Å². The molecule has 0 spiro atoms. The number of hydrogen-bond donors (Lipinski definition) is 0. The zero-order valence-corrected chi connectivity index (χ0v) is 14.8. The van der Waals surface area contributed by atoms with Crippen molar-refractivity contribution in [3.05, 3.63) is 89.4 Å². The van der Waals surface area contributed by atoms with Crippen LogP contribution < -0.4 is 9.84 Å². The van der Waals surface area contributed by atoms with Gasteiger partial charge in [0.25, 0.3) is 0 Å². The number of halogens is 1. The van der Waals surface area contributed by atoms with Crippen LogP contribution in [0.2, 0.25) is 5.02 Å². The van der Waals surface area contributed by atoms with Gasteiger partial charge >= 0.3 is 0 Å². The molecule has 0 bridgehead atoms. The van der Waals surface area contributed by atoms with Crippen LogP contribution in [0.5, 0.6) is 11.5 Å². The summed E-state index contributed by atoms with van der Waals surface area (Å²) < 4.78 is 5.98. The quantitative estimate of drug-likeness (QED) is 0.519. The number of pyridine rings is 1. The number of aromatic nitrogens is 1. The van der Waals surface area contributed by atoms with Crippen molar-refractivity contribution in [2.24, 2.45) is 0 Å². The molecule has 0 fully saturated rings. The van der Waals surface area contributed by atoms with Crippen molar-refractivity contribution in [2.45, 2.75) is 0 Å². The molecule has 0 saturated heterocycles. The molecule has 0 saturated carbocycles. The normalized spacial score (nSPS) is 10.7. The Morgan fingerprint density at radius 3 is 2.26 bits per heavy atom. The van der Waals surface area contributed by atoms with Crippen LogP contribution in [-0.4, -0.2) is 11.0 Å². The van der Waals surface area contributed by atoms with Crippen molar-refractivity contribution in [1.29, 1.82) is 0 Å². The van der Waals surface area contributed by atoms with E-state index in [1.165, 1.54) is 0 Å². The Morgan fingerprint density at radius 2 is 1.56 bits per heavy atom. The van der Waals surface area contributed by atoms with Crippen molar-refractivity contribution in [1.82, 2.24) is 4.98 Å². The topological polar surface area (TPSA) is 62.2 Å². The largest absolute Gasteiger partial charge is 0.545 e. The molecule has 5 heteroatoms. The summed E-state index contributed by atoms with van der Waals surface area (Å²) in [6.45, 7) is 0. The molecule has 27 heavy (non-hydrogen) atoms. The van der Waals surface area contributed by atoms with Gasteiger partial charge in [0.2, 0.25) is 0 Å².